The average molecular weight is 1090 g/mol. The molecule has 0 unspecified atom stereocenters. The third-order valence-corrected chi connectivity index (χ3v) is 14.1. The fourth-order valence-electron chi connectivity index (χ4n) is 9.63. The lowest BCUT2D eigenvalue weighted by molar-refractivity contribution is -0.271. The fraction of sp³-hybridized carbons (Fsp3) is 0.444. The highest BCUT2D eigenvalue weighted by Gasteiger charge is 2.52. The number of ether oxygens (including phenoxy) is 3. The molecule has 2 aromatic carbocycles. The molecule has 420 valence electrons. The van der Waals surface area contributed by atoms with Gasteiger partial charge in [0.1, 0.15) is 36.5 Å². The summed E-state index contributed by atoms with van der Waals surface area (Å²) in [6, 6.07) is 11.4. The molecule has 8 rings (SSSR count). The van der Waals surface area contributed by atoms with Crippen LogP contribution in [0, 0.1) is 0 Å². The Kier molecular flexibility index (Phi) is 18.2. The highest BCUT2D eigenvalue weighted by atomic mass is 16.7. The number of aliphatic hydroxyl groups is 4. The first-order valence-corrected chi connectivity index (χ1v) is 26.0. The van der Waals surface area contributed by atoms with Crippen LogP contribution in [0.1, 0.15) is 86.2 Å². The molecule has 5 atom stereocenters. The zero-order valence-electron chi connectivity index (χ0n) is 43.3. The average Bonchev–Trinajstić information content (AvgIpc) is 4.42. The summed E-state index contributed by atoms with van der Waals surface area (Å²) in [5.74, 6) is -4.08. The van der Waals surface area contributed by atoms with Crippen LogP contribution in [0.4, 0.5) is 21.9 Å². The number of nitrogens with one attached hydrogen (secondary N) is 3. The highest BCUT2D eigenvalue weighted by molar-refractivity contribution is 6.13. The van der Waals surface area contributed by atoms with Gasteiger partial charge in [0, 0.05) is 74.4 Å². The molecule has 1 aliphatic carbocycles. The van der Waals surface area contributed by atoms with Gasteiger partial charge in [-0.2, -0.15) is 0 Å². The molecule has 7 amide bonds. The highest BCUT2D eigenvalue weighted by Crippen LogP contribution is 2.50. The van der Waals surface area contributed by atoms with Crippen molar-refractivity contribution in [3.05, 3.63) is 94.3 Å². The SMILES string of the molecule is CCCN(CCO)C(=O)C1=Cc2ccc(C3(C(=O)Nc4cnc5c(c4)CN(C(=O)OCc4ccc(O[C@@H]6O[C@H](C(=O)O)[C@@H](O)[C@H](O)[C@H]6O)c(NC(=O)CNC(=O)CCCCCN6C(=O)C=CC6=O)c4)CC5)CC3)cc2N=C(N)C1. The number of aliphatic hydroxyl groups excluding tert-OH is 4. The van der Waals surface area contributed by atoms with Crippen LogP contribution >= 0.6 is 0 Å². The predicted octanol–water partition coefficient (Wildman–Crippen LogP) is 1.26. The van der Waals surface area contributed by atoms with Gasteiger partial charge in [-0.3, -0.25) is 38.7 Å². The molecule has 4 aliphatic heterocycles. The van der Waals surface area contributed by atoms with Gasteiger partial charge in [-0.15, -0.1) is 0 Å². The number of rotatable bonds is 22. The van der Waals surface area contributed by atoms with E-state index in [0.717, 1.165) is 22.6 Å². The number of hydrogen-bond acceptors (Lipinski definition) is 18. The molecule has 5 aliphatic rings. The number of nitrogens with zero attached hydrogens (tertiary/aromatic N) is 5. The predicted molar refractivity (Wildman–Crippen MR) is 280 cm³/mol. The summed E-state index contributed by atoms with van der Waals surface area (Å²) in [7, 11) is 0. The molecule has 5 heterocycles. The molecule has 0 bridgehead atoms. The van der Waals surface area contributed by atoms with E-state index in [1.807, 2.05) is 25.1 Å². The zero-order valence-corrected chi connectivity index (χ0v) is 43.3. The van der Waals surface area contributed by atoms with Crippen LogP contribution in [0.25, 0.3) is 6.08 Å². The number of carbonyl (C=O) groups excluding carboxylic acids is 7. The molecule has 25 nitrogen and oxygen atoms in total. The van der Waals surface area contributed by atoms with Crippen LogP contribution < -0.4 is 26.4 Å². The lowest BCUT2D eigenvalue weighted by Crippen LogP contribution is -2.61. The lowest BCUT2D eigenvalue weighted by Gasteiger charge is -2.38. The van der Waals surface area contributed by atoms with E-state index in [0.29, 0.717) is 78.7 Å². The minimum atomic E-state index is -2.00. The number of imide groups is 1. The van der Waals surface area contributed by atoms with E-state index >= 15 is 0 Å². The van der Waals surface area contributed by atoms with E-state index in [1.165, 1.54) is 35.3 Å². The first-order chi connectivity index (χ1) is 37.9. The molecule has 3 aromatic rings. The Morgan fingerprint density at radius 1 is 0.924 bits per heavy atom. The molecule has 0 spiro atoms. The standard InChI is InChI=1S/C54H63N9O16/c1-2-16-61(19-20-64)49(72)32-22-31-8-9-34(25-37(31)59-40(55)24-32)54(14-15-54)52(75)58-35-23-33-28-62(18-13-36(33)56-26-35)53(76)77-29-30-7-10-39(78-51-47(71)45(69)46(70)48(79-51)50(73)74)38(21-30)60-42(66)27-57-41(65)6-4-3-5-17-63-43(67)11-12-44(63)68/h7-12,21-23,25-26,45-48,51,64,69-71H,2-6,13-20,24,27-29H2,1H3,(H2,55,59)(H,57,65)(H,58,75)(H,60,66)(H,73,74)/t45-,46-,47+,48-,51+/m0/s1. The van der Waals surface area contributed by atoms with Crippen LogP contribution in [0.5, 0.6) is 5.75 Å². The van der Waals surface area contributed by atoms with Crippen molar-refractivity contribution in [1.82, 2.24) is 25.0 Å². The van der Waals surface area contributed by atoms with E-state index in [1.54, 1.807) is 23.2 Å². The van der Waals surface area contributed by atoms with Crippen molar-refractivity contribution in [3.8, 4) is 5.75 Å². The number of aliphatic carboxylic acids is 1. The Balaban J connectivity index is 0.884. The van der Waals surface area contributed by atoms with Crippen LogP contribution in [0.2, 0.25) is 0 Å². The summed E-state index contributed by atoms with van der Waals surface area (Å²) in [6.45, 7) is 2.16. The molecule has 79 heavy (non-hydrogen) atoms. The van der Waals surface area contributed by atoms with Gasteiger partial charge in [0.25, 0.3) is 11.8 Å². The van der Waals surface area contributed by atoms with Crippen molar-refractivity contribution in [2.75, 3.05) is 50.0 Å². The molecule has 0 radical (unpaired) electrons. The number of aliphatic imine (C=N–C) groups is 1. The monoisotopic (exact) mass is 1090 g/mol. The number of amidine groups is 1. The number of fused-ring (bicyclic) bond motifs is 2. The summed E-state index contributed by atoms with van der Waals surface area (Å²) in [5, 5.41) is 58.4. The van der Waals surface area contributed by atoms with Crippen molar-refractivity contribution < 1.29 is 78.1 Å². The summed E-state index contributed by atoms with van der Waals surface area (Å²) in [6.07, 6.45) is -0.955. The minimum absolute atomic E-state index is 0.0407. The largest absolute Gasteiger partial charge is 0.479 e. The summed E-state index contributed by atoms with van der Waals surface area (Å²) < 4.78 is 16.7. The number of pyridine rings is 1. The third kappa shape index (κ3) is 13.6. The quantitative estimate of drug-likeness (QED) is 0.0505. The van der Waals surface area contributed by atoms with Gasteiger partial charge in [0.15, 0.2) is 6.10 Å². The number of benzene rings is 2. The first kappa shape index (κ1) is 57.1. The Morgan fingerprint density at radius 3 is 2.42 bits per heavy atom. The maximum absolute atomic E-state index is 14.0. The Morgan fingerprint density at radius 2 is 1.70 bits per heavy atom. The Hall–Kier alpha value is -8.10. The number of hydrogen-bond donors (Lipinski definition) is 9. The second kappa shape index (κ2) is 25.1. The smallest absolute Gasteiger partial charge is 0.410 e. The molecule has 1 saturated carbocycles. The Bertz CT molecular complexity index is 2950. The normalized spacial score (nSPS) is 20.9. The molecular formula is C54H63N9O16. The number of nitrogens with two attached hydrogens (primary N) is 1. The molecule has 2 fully saturated rings. The Labute approximate surface area is 453 Å². The van der Waals surface area contributed by atoms with Crippen molar-refractivity contribution >= 4 is 76.5 Å². The zero-order chi connectivity index (χ0) is 56.5. The maximum Gasteiger partial charge on any atom is 0.410 e. The van der Waals surface area contributed by atoms with Gasteiger partial charge in [-0.25, -0.2) is 14.6 Å². The topological polar surface area (TPSA) is 362 Å². The second-order valence-corrected chi connectivity index (χ2v) is 19.8. The van der Waals surface area contributed by atoms with E-state index in [9.17, 15) is 63.9 Å². The molecule has 25 heteroatoms. The minimum Gasteiger partial charge on any atom is -0.479 e. The van der Waals surface area contributed by atoms with E-state index in [2.05, 4.69) is 25.9 Å². The number of carbonyl (C=O) groups is 8. The number of carboxylic acids is 1. The lowest BCUT2D eigenvalue weighted by atomic mass is 9.92. The first-order valence-electron chi connectivity index (χ1n) is 26.0. The molecule has 1 saturated heterocycles. The third-order valence-electron chi connectivity index (χ3n) is 14.1. The van der Waals surface area contributed by atoms with Gasteiger partial charge < -0.3 is 71.2 Å². The van der Waals surface area contributed by atoms with E-state index < -0.39 is 78.4 Å². The van der Waals surface area contributed by atoms with Gasteiger partial charge in [-0.1, -0.05) is 31.5 Å². The van der Waals surface area contributed by atoms with Crippen molar-refractivity contribution in [2.24, 2.45) is 10.7 Å². The number of aromatic nitrogens is 1. The van der Waals surface area contributed by atoms with Crippen LogP contribution in [0.3, 0.4) is 0 Å². The number of anilines is 2. The van der Waals surface area contributed by atoms with Crippen molar-refractivity contribution in [2.45, 2.75) is 114 Å². The fourth-order valence-corrected chi connectivity index (χ4v) is 9.63. The maximum atomic E-state index is 14.0. The summed E-state index contributed by atoms with van der Waals surface area (Å²) in [5.41, 5.74) is 9.88. The number of carboxylic acid groups (broad SMARTS) is 1. The van der Waals surface area contributed by atoms with Crippen LogP contribution in [-0.4, -0.2) is 169 Å². The molecule has 1 aromatic heterocycles. The van der Waals surface area contributed by atoms with Gasteiger partial charge >= 0.3 is 12.1 Å². The van der Waals surface area contributed by atoms with Crippen LogP contribution in [0.15, 0.2) is 71.4 Å². The van der Waals surface area contributed by atoms with E-state index in [-0.39, 0.29) is 81.3 Å². The molecular weight excluding hydrogens is 1030 g/mol. The summed E-state index contributed by atoms with van der Waals surface area (Å²) >= 11 is 0. The van der Waals surface area contributed by atoms with Crippen molar-refractivity contribution in [3.63, 3.8) is 0 Å². The van der Waals surface area contributed by atoms with Crippen molar-refractivity contribution in [1.29, 1.82) is 0 Å². The van der Waals surface area contributed by atoms with Gasteiger partial charge in [-0.05, 0) is 79.1 Å². The summed E-state index contributed by atoms with van der Waals surface area (Å²) in [4.78, 5) is 116. The molecule has 10 N–H and O–H groups in total. The second-order valence-electron chi connectivity index (χ2n) is 19.8. The van der Waals surface area contributed by atoms with E-state index in [4.69, 9.17) is 19.9 Å². The number of unbranched alkanes of at least 4 members (excludes halogenated alkanes) is 2. The van der Waals surface area contributed by atoms with Crippen LogP contribution in [-0.2, 0) is 68.0 Å². The van der Waals surface area contributed by atoms with Gasteiger partial charge in [0.05, 0.1) is 48.4 Å². The van der Waals surface area contributed by atoms with Gasteiger partial charge in [0.2, 0.25) is 29.9 Å². The number of amides is 7.